The van der Waals surface area contributed by atoms with Gasteiger partial charge in [0.1, 0.15) is 0 Å². The van der Waals surface area contributed by atoms with E-state index in [4.69, 9.17) is 5.84 Å². The fraction of sp³-hybridized carbons (Fsp3) is 0.714. The predicted molar refractivity (Wildman–Crippen MR) is 95.3 cm³/mol. The molecule has 1 aromatic heterocycles. The molecule has 0 aromatic carbocycles. The van der Waals surface area contributed by atoms with E-state index in [0.29, 0.717) is 29.4 Å². The fourth-order valence-electron chi connectivity index (χ4n) is 1.99. The molecule has 1 heterocycles. The Bertz CT molecular complexity index is 586. The first-order valence-electron chi connectivity index (χ1n) is 8.04. The molecule has 1 aromatic rings. The molecule has 0 unspecified atom stereocenters. The lowest BCUT2D eigenvalue weighted by molar-refractivity contribution is -0.128. The van der Waals surface area contributed by atoms with Gasteiger partial charge in [0, 0.05) is 19.1 Å². The second kappa shape index (κ2) is 8.61. The summed E-state index contributed by atoms with van der Waals surface area (Å²) < 4.78 is 1.34. The molecule has 10 heteroatoms. The maximum Gasteiger partial charge on any atom is 0.233 e. The number of rotatable bonds is 9. The SMILES string of the molecule is CCN(CC)C(=O)CSc1nnc(S[C@H](C)C(=O)NC2CC2)n1N. The van der Waals surface area contributed by atoms with Crippen LogP contribution in [-0.2, 0) is 9.59 Å². The Balaban J connectivity index is 1.88. The van der Waals surface area contributed by atoms with Crippen molar-refractivity contribution in [1.82, 2.24) is 25.1 Å². The zero-order valence-electron chi connectivity index (χ0n) is 14.2. The highest BCUT2D eigenvalue weighted by atomic mass is 32.2. The van der Waals surface area contributed by atoms with Gasteiger partial charge in [0.15, 0.2) is 0 Å². The molecule has 1 fully saturated rings. The number of carbonyl (C=O) groups excluding carboxylic acids is 2. The highest BCUT2D eigenvalue weighted by Crippen LogP contribution is 2.26. The van der Waals surface area contributed by atoms with Crippen LogP contribution in [0.25, 0.3) is 0 Å². The summed E-state index contributed by atoms with van der Waals surface area (Å²) >= 11 is 2.51. The minimum atomic E-state index is -0.299. The van der Waals surface area contributed by atoms with E-state index in [1.165, 1.54) is 28.2 Å². The lowest BCUT2D eigenvalue weighted by atomic mass is 10.4. The molecule has 8 nitrogen and oxygen atoms in total. The number of aromatic nitrogens is 3. The van der Waals surface area contributed by atoms with Gasteiger partial charge in [-0.2, -0.15) is 0 Å². The highest BCUT2D eigenvalue weighted by Gasteiger charge is 2.27. The highest BCUT2D eigenvalue weighted by molar-refractivity contribution is 8.00. The monoisotopic (exact) mass is 372 g/mol. The summed E-state index contributed by atoms with van der Waals surface area (Å²) in [4.78, 5) is 25.8. The Morgan fingerprint density at radius 3 is 2.54 bits per heavy atom. The number of nitrogen functional groups attached to an aromatic ring is 1. The van der Waals surface area contributed by atoms with Crippen molar-refractivity contribution in [2.24, 2.45) is 0 Å². The Labute approximate surface area is 150 Å². The number of carbonyl (C=O) groups is 2. The second-order valence-electron chi connectivity index (χ2n) is 5.53. The smallest absolute Gasteiger partial charge is 0.233 e. The van der Waals surface area contributed by atoms with Crippen molar-refractivity contribution in [2.75, 3.05) is 24.7 Å². The maximum atomic E-state index is 12.0. The molecule has 0 radical (unpaired) electrons. The number of hydrogen-bond acceptors (Lipinski definition) is 7. The molecule has 0 bridgehead atoms. The fourth-order valence-corrected chi connectivity index (χ4v) is 3.59. The van der Waals surface area contributed by atoms with Crippen LogP contribution in [0.15, 0.2) is 10.3 Å². The van der Waals surface area contributed by atoms with E-state index in [1.54, 1.807) is 4.90 Å². The molecule has 1 saturated carbocycles. The Morgan fingerprint density at radius 1 is 1.33 bits per heavy atom. The van der Waals surface area contributed by atoms with Crippen LogP contribution in [-0.4, -0.2) is 61.7 Å². The van der Waals surface area contributed by atoms with Crippen LogP contribution < -0.4 is 11.2 Å². The van der Waals surface area contributed by atoms with Gasteiger partial charge in [0.25, 0.3) is 0 Å². The Morgan fingerprint density at radius 2 is 1.96 bits per heavy atom. The van der Waals surface area contributed by atoms with Gasteiger partial charge >= 0.3 is 0 Å². The van der Waals surface area contributed by atoms with Crippen LogP contribution in [0.1, 0.15) is 33.6 Å². The third-order valence-corrected chi connectivity index (χ3v) is 5.63. The lowest BCUT2D eigenvalue weighted by Gasteiger charge is -2.17. The summed E-state index contributed by atoms with van der Waals surface area (Å²) in [7, 11) is 0. The van der Waals surface area contributed by atoms with Gasteiger partial charge in [-0.25, -0.2) is 4.68 Å². The molecule has 24 heavy (non-hydrogen) atoms. The number of hydrogen-bond donors (Lipinski definition) is 2. The van der Waals surface area contributed by atoms with Crippen molar-refractivity contribution in [3.05, 3.63) is 0 Å². The van der Waals surface area contributed by atoms with E-state index in [1.807, 2.05) is 20.8 Å². The van der Waals surface area contributed by atoms with Crippen molar-refractivity contribution in [3.63, 3.8) is 0 Å². The standard InChI is InChI=1S/C14H24N6O2S2/c1-4-19(5-2)11(21)8-23-13-17-18-14(20(13)15)24-9(3)12(22)16-10-6-7-10/h9-10H,4-8,15H2,1-3H3,(H,16,22)/t9-/m1/s1. The van der Waals surface area contributed by atoms with Crippen LogP contribution in [0.2, 0.25) is 0 Å². The maximum absolute atomic E-state index is 12.0. The molecule has 3 N–H and O–H groups in total. The molecule has 0 spiro atoms. The molecule has 134 valence electrons. The molecule has 2 amide bonds. The predicted octanol–water partition coefficient (Wildman–Crippen LogP) is 0.712. The molecule has 1 aliphatic carbocycles. The largest absolute Gasteiger partial charge is 0.352 e. The molecule has 1 atom stereocenters. The van der Waals surface area contributed by atoms with E-state index in [0.717, 1.165) is 12.8 Å². The van der Waals surface area contributed by atoms with Gasteiger partial charge < -0.3 is 16.1 Å². The lowest BCUT2D eigenvalue weighted by Crippen LogP contribution is -2.33. The molecular weight excluding hydrogens is 348 g/mol. The minimum Gasteiger partial charge on any atom is -0.352 e. The summed E-state index contributed by atoms with van der Waals surface area (Å²) in [5, 5.41) is 11.6. The Kier molecular flexibility index (Phi) is 6.79. The van der Waals surface area contributed by atoms with E-state index in [-0.39, 0.29) is 22.8 Å². The second-order valence-corrected chi connectivity index (χ2v) is 7.78. The van der Waals surface area contributed by atoms with Crippen LogP contribution >= 0.6 is 23.5 Å². The van der Waals surface area contributed by atoms with Gasteiger partial charge in [-0.15, -0.1) is 10.2 Å². The summed E-state index contributed by atoms with van der Waals surface area (Å²) in [6.07, 6.45) is 2.11. The van der Waals surface area contributed by atoms with E-state index >= 15 is 0 Å². The number of nitrogens with two attached hydrogens (primary N) is 1. The minimum absolute atomic E-state index is 0.0172. The van der Waals surface area contributed by atoms with Crippen LogP contribution in [0.3, 0.4) is 0 Å². The number of thioether (sulfide) groups is 2. The molecule has 1 aliphatic rings. The van der Waals surface area contributed by atoms with Crippen molar-refractivity contribution >= 4 is 35.3 Å². The summed E-state index contributed by atoms with van der Waals surface area (Å²) in [5.74, 6) is 6.27. The van der Waals surface area contributed by atoms with Gasteiger partial charge in [-0.3, -0.25) is 9.59 Å². The van der Waals surface area contributed by atoms with Crippen molar-refractivity contribution < 1.29 is 9.59 Å². The van der Waals surface area contributed by atoms with E-state index < -0.39 is 0 Å². The quantitative estimate of drug-likeness (QED) is 0.486. The zero-order chi connectivity index (χ0) is 17.7. The average Bonchev–Trinajstić information content (AvgIpc) is 3.31. The first-order valence-corrected chi connectivity index (χ1v) is 9.90. The van der Waals surface area contributed by atoms with Gasteiger partial charge in [-0.1, -0.05) is 23.5 Å². The first kappa shape index (κ1) is 18.9. The van der Waals surface area contributed by atoms with Crippen LogP contribution in [0, 0.1) is 0 Å². The summed E-state index contributed by atoms with van der Waals surface area (Å²) in [6, 6.07) is 0.327. The van der Waals surface area contributed by atoms with Crippen LogP contribution in [0.5, 0.6) is 0 Å². The van der Waals surface area contributed by atoms with Crippen molar-refractivity contribution in [1.29, 1.82) is 0 Å². The number of nitrogens with one attached hydrogen (secondary N) is 1. The van der Waals surface area contributed by atoms with E-state index in [2.05, 4.69) is 15.5 Å². The zero-order valence-corrected chi connectivity index (χ0v) is 15.8. The molecule has 0 saturated heterocycles. The van der Waals surface area contributed by atoms with Crippen LogP contribution in [0.4, 0.5) is 0 Å². The topological polar surface area (TPSA) is 106 Å². The van der Waals surface area contributed by atoms with Gasteiger partial charge in [-0.05, 0) is 33.6 Å². The third-order valence-electron chi connectivity index (χ3n) is 3.65. The summed E-state index contributed by atoms with van der Waals surface area (Å²) in [6.45, 7) is 7.06. The average molecular weight is 373 g/mol. The van der Waals surface area contributed by atoms with Gasteiger partial charge in [0.05, 0.1) is 11.0 Å². The summed E-state index contributed by atoms with van der Waals surface area (Å²) in [5.41, 5.74) is 0. The molecule has 2 rings (SSSR count). The Hall–Kier alpha value is -1.42. The normalized spacial score (nSPS) is 15.1. The molecular formula is C14H24N6O2S2. The van der Waals surface area contributed by atoms with E-state index in [9.17, 15) is 9.59 Å². The third kappa shape index (κ3) is 5.04. The molecule has 0 aliphatic heterocycles. The van der Waals surface area contributed by atoms with Crippen molar-refractivity contribution in [2.45, 2.75) is 55.2 Å². The number of amides is 2. The first-order chi connectivity index (χ1) is 11.5. The van der Waals surface area contributed by atoms with Gasteiger partial charge in [0.2, 0.25) is 22.1 Å². The number of nitrogens with zero attached hydrogens (tertiary/aromatic N) is 4. The van der Waals surface area contributed by atoms with Crippen molar-refractivity contribution in [3.8, 4) is 0 Å².